The number of carbonyl (C=O) groups excluding carboxylic acids is 1. The molecular weight excluding hydrogens is 180 g/mol. The van der Waals surface area contributed by atoms with Crippen LogP contribution in [0.15, 0.2) is 24.3 Å². The maximum Gasteiger partial charge on any atom is 0.211 e. The SMILES string of the molecule is COCCNc1ccccc1NC=O. The van der Waals surface area contributed by atoms with Gasteiger partial charge in [0.25, 0.3) is 0 Å². The molecule has 0 atom stereocenters. The Morgan fingerprint density at radius 2 is 2.07 bits per heavy atom. The van der Waals surface area contributed by atoms with Crippen molar-refractivity contribution in [1.82, 2.24) is 0 Å². The lowest BCUT2D eigenvalue weighted by Gasteiger charge is -2.09. The molecule has 4 heteroatoms. The summed E-state index contributed by atoms with van der Waals surface area (Å²) in [6.07, 6.45) is 0.664. The van der Waals surface area contributed by atoms with E-state index in [1.807, 2.05) is 24.3 Å². The molecule has 0 saturated carbocycles. The molecule has 1 aromatic rings. The average Bonchev–Trinajstić information content (AvgIpc) is 2.21. The van der Waals surface area contributed by atoms with Crippen LogP contribution in [0.4, 0.5) is 11.4 Å². The second kappa shape index (κ2) is 5.99. The Hall–Kier alpha value is -1.55. The lowest BCUT2D eigenvalue weighted by Crippen LogP contribution is -2.09. The molecule has 0 radical (unpaired) electrons. The van der Waals surface area contributed by atoms with Crippen LogP contribution in [0.2, 0.25) is 0 Å². The van der Waals surface area contributed by atoms with Crippen LogP contribution in [0.1, 0.15) is 0 Å². The van der Waals surface area contributed by atoms with E-state index in [0.717, 1.165) is 11.4 Å². The van der Waals surface area contributed by atoms with Crippen LogP contribution >= 0.6 is 0 Å². The van der Waals surface area contributed by atoms with Crippen molar-refractivity contribution in [3.8, 4) is 0 Å². The van der Waals surface area contributed by atoms with Gasteiger partial charge in [-0.2, -0.15) is 0 Å². The second-order valence-corrected chi connectivity index (χ2v) is 2.73. The fourth-order valence-electron chi connectivity index (χ4n) is 1.11. The van der Waals surface area contributed by atoms with Gasteiger partial charge < -0.3 is 15.4 Å². The quantitative estimate of drug-likeness (QED) is 0.530. The summed E-state index contributed by atoms with van der Waals surface area (Å²) in [5.74, 6) is 0. The normalized spacial score (nSPS) is 9.50. The number of rotatable bonds is 6. The Balaban J connectivity index is 2.59. The molecular formula is C10H14N2O2. The van der Waals surface area contributed by atoms with Crippen molar-refractivity contribution in [2.75, 3.05) is 30.9 Å². The number of hydrogen-bond donors (Lipinski definition) is 2. The van der Waals surface area contributed by atoms with Gasteiger partial charge in [0, 0.05) is 13.7 Å². The summed E-state index contributed by atoms with van der Waals surface area (Å²) in [5.41, 5.74) is 1.68. The largest absolute Gasteiger partial charge is 0.383 e. The van der Waals surface area contributed by atoms with Crippen LogP contribution in [0, 0.1) is 0 Å². The molecule has 0 aliphatic rings. The van der Waals surface area contributed by atoms with Crippen molar-refractivity contribution < 1.29 is 9.53 Å². The third-order valence-corrected chi connectivity index (χ3v) is 1.76. The number of carbonyl (C=O) groups is 1. The predicted molar refractivity (Wildman–Crippen MR) is 56.5 cm³/mol. The highest BCUT2D eigenvalue weighted by atomic mass is 16.5. The molecule has 0 aliphatic carbocycles. The number of benzene rings is 1. The molecule has 14 heavy (non-hydrogen) atoms. The summed E-state index contributed by atoms with van der Waals surface area (Å²) in [6, 6.07) is 7.52. The van der Waals surface area contributed by atoms with Crippen molar-refractivity contribution >= 4 is 17.8 Å². The second-order valence-electron chi connectivity index (χ2n) is 2.73. The molecule has 1 amide bonds. The Labute approximate surface area is 83.3 Å². The van der Waals surface area contributed by atoms with Crippen molar-refractivity contribution in [3.05, 3.63) is 24.3 Å². The first-order valence-electron chi connectivity index (χ1n) is 4.40. The molecule has 4 nitrogen and oxygen atoms in total. The molecule has 0 fully saturated rings. The summed E-state index contributed by atoms with van der Waals surface area (Å²) in [4.78, 5) is 10.3. The number of para-hydroxylation sites is 2. The summed E-state index contributed by atoms with van der Waals surface area (Å²) >= 11 is 0. The van der Waals surface area contributed by atoms with Gasteiger partial charge >= 0.3 is 0 Å². The standard InChI is InChI=1S/C10H14N2O2/c1-14-7-6-11-9-4-2-3-5-10(9)12-8-13/h2-5,8,11H,6-7H2,1H3,(H,12,13). The van der Waals surface area contributed by atoms with E-state index in [9.17, 15) is 4.79 Å². The molecule has 0 aliphatic heterocycles. The van der Waals surface area contributed by atoms with Gasteiger partial charge in [-0.15, -0.1) is 0 Å². The van der Waals surface area contributed by atoms with E-state index in [4.69, 9.17) is 4.74 Å². The highest BCUT2D eigenvalue weighted by Crippen LogP contribution is 2.19. The topological polar surface area (TPSA) is 50.4 Å². The van der Waals surface area contributed by atoms with Crippen LogP contribution < -0.4 is 10.6 Å². The number of anilines is 2. The van der Waals surface area contributed by atoms with Crippen molar-refractivity contribution in [2.45, 2.75) is 0 Å². The Kier molecular flexibility index (Phi) is 4.50. The third-order valence-electron chi connectivity index (χ3n) is 1.76. The van der Waals surface area contributed by atoms with Crippen molar-refractivity contribution in [1.29, 1.82) is 0 Å². The van der Waals surface area contributed by atoms with Crippen molar-refractivity contribution in [2.24, 2.45) is 0 Å². The maximum absolute atomic E-state index is 10.3. The molecule has 1 rings (SSSR count). The fourth-order valence-corrected chi connectivity index (χ4v) is 1.11. The monoisotopic (exact) mass is 194 g/mol. The first-order chi connectivity index (χ1) is 6.88. The van der Waals surface area contributed by atoms with Crippen LogP contribution in [-0.2, 0) is 9.53 Å². The first-order valence-corrected chi connectivity index (χ1v) is 4.40. The molecule has 0 aromatic heterocycles. The molecule has 2 N–H and O–H groups in total. The minimum atomic E-state index is 0.634. The molecule has 76 valence electrons. The fraction of sp³-hybridized carbons (Fsp3) is 0.300. The Morgan fingerprint density at radius 1 is 1.36 bits per heavy atom. The van der Waals surface area contributed by atoms with Crippen LogP contribution in [0.3, 0.4) is 0 Å². The van der Waals surface area contributed by atoms with E-state index < -0.39 is 0 Å². The first kappa shape index (κ1) is 10.5. The zero-order valence-corrected chi connectivity index (χ0v) is 8.12. The molecule has 0 spiro atoms. The third kappa shape index (κ3) is 3.06. The van der Waals surface area contributed by atoms with E-state index in [1.165, 1.54) is 0 Å². The van der Waals surface area contributed by atoms with Gasteiger partial charge in [-0.25, -0.2) is 0 Å². The molecule has 0 saturated heterocycles. The van der Waals surface area contributed by atoms with Gasteiger partial charge in [0.05, 0.1) is 18.0 Å². The van der Waals surface area contributed by atoms with E-state index >= 15 is 0 Å². The number of methoxy groups -OCH3 is 1. The molecule has 0 bridgehead atoms. The number of amides is 1. The lowest BCUT2D eigenvalue weighted by molar-refractivity contribution is -0.105. The number of nitrogens with one attached hydrogen (secondary N) is 2. The highest BCUT2D eigenvalue weighted by Gasteiger charge is 1.98. The molecule has 0 unspecified atom stereocenters. The average molecular weight is 194 g/mol. The van der Waals surface area contributed by atoms with Crippen LogP contribution in [0.5, 0.6) is 0 Å². The van der Waals surface area contributed by atoms with Gasteiger partial charge in [0.15, 0.2) is 0 Å². The summed E-state index contributed by atoms with van der Waals surface area (Å²) in [6.45, 7) is 1.35. The highest BCUT2D eigenvalue weighted by molar-refractivity contribution is 5.80. The van der Waals surface area contributed by atoms with Gasteiger partial charge in [-0.3, -0.25) is 4.79 Å². The molecule has 0 heterocycles. The zero-order valence-electron chi connectivity index (χ0n) is 8.12. The van der Waals surface area contributed by atoms with Gasteiger partial charge in [0.1, 0.15) is 0 Å². The van der Waals surface area contributed by atoms with Gasteiger partial charge in [-0.05, 0) is 12.1 Å². The minimum absolute atomic E-state index is 0.634. The van der Waals surface area contributed by atoms with E-state index in [-0.39, 0.29) is 0 Å². The van der Waals surface area contributed by atoms with Gasteiger partial charge in [0.2, 0.25) is 6.41 Å². The molecule has 1 aromatic carbocycles. The van der Waals surface area contributed by atoms with E-state index in [0.29, 0.717) is 19.6 Å². The zero-order chi connectivity index (χ0) is 10.2. The maximum atomic E-state index is 10.3. The van der Waals surface area contributed by atoms with Gasteiger partial charge in [-0.1, -0.05) is 12.1 Å². The number of ether oxygens (including phenoxy) is 1. The predicted octanol–water partition coefficient (Wildman–Crippen LogP) is 1.31. The smallest absolute Gasteiger partial charge is 0.211 e. The summed E-state index contributed by atoms with van der Waals surface area (Å²) in [7, 11) is 1.65. The minimum Gasteiger partial charge on any atom is -0.383 e. The summed E-state index contributed by atoms with van der Waals surface area (Å²) in [5, 5.41) is 5.77. The lowest BCUT2D eigenvalue weighted by atomic mass is 10.2. The van der Waals surface area contributed by atoms with E-state index in [2.05, 4.69) is 10.6 Å². The number of hydrogen-bond acceptors (Lipinski definition) is 3. The summed E-state index contributed by atoms with van der Waals surface area (Å²) < 4.78 is 4.91. The Morgan fingerprint density at radius 3 is 2.71 bits per heavy atom. The van der Waals surface area contributed by atoms with Crippen molar-refractivity contribution in [3.63, 3.8) is 0 Å². The van der Waals surface area contributed by atoms with Crippen LogP contribution in [-0.4, -0.2) is 26.7 Å². The van der Waals surface area contributed by atoms with Crippen LogP contribution in [0.25, 0.3) is 0 Å². The Bertz CT molecular complexity index is 289. The van der Waals surface area contributed by atoms with E-state index in [1.54, 1.807) is 7.11 Å².